The number of rotatable bonds is 0. The van der Waals surface area contributed by atoms with Gasteiger partial charge in [-0.3, -0.25) is 4.79 Å². The summed E-state index contributed by atoms with van der Waals surface area (Å²) in [4.78, 5) is 14.6. The van der Waals surface area contributed by atoms with Gasteiger partial charge in [0, 0.05) is 6.54 Å². The van der Waals surface area contributed by atoms with E-state index >= 15 is 0 Å². The van der Waals surface area contributed by atoms with E-state index in [0.717, 1.165) is 24.4 Å². The zero-order chi connectivity index (χ0) is 9.64. The quantitative estimate of drug-likeness (QED) is 0.581. The van der Waals surface area contributed by atoms with E-state index in [2.05, 4.69) is 5.32 Å². The third-order valence-electron chi connectivity index (χ3n) is 2.79. The Morgan fingerprint density at radius 2 is 2.31 bits per heavy atom. The highest BCUT2D eigenvalue weighted by atomic mass is 32.1. The Kier molecular flexibility index (Phi) is 1.84. The van der Waals surface area contributed by atoms with Crippen LogP contribution in [0, 0.1) is 0 Å². The second-order valence-electron chi connectivity index (χ2n) is 4.27. The Balaban J connectivity index is 2.30. The number of hydrogen-bond donors (Lipinski definition) is 1. The van der Waals surface area contributed by atoms with E-state index in [0.29, 0.717) is 0 Å². The fourth-order valence-corrected chi connectivity index (χ4v) is 2.59. The molecular formula is C9H14N2OS. The SMILES string of the molecule is CC1(C)NC(=S)[C@@H]2CCCN2C1=O. The summed E-state index contributed by atoms with van der Waals surface area (Å²) in [7, 11) is 0. The summed E-state index contributed by atoms with van der Waals surface area (Å²) in [5.74, 6) is 0.184. The molecule has 72 valence electrons. The van der Waals surface area contributed by atoms with E-state index in [1.54, 1.807) is 0 Å². The van der Waals surface area contributed by atoms with Crippen LogP contribution in [0.4, 0.5) is 0 Å². The van der Waals surface area contributed by atoms with Gasteiger partial charge in [-0.25, -0.2) is 0 Å². The molecule has 0 unspecified atom stereocenters. The average molecular weight is 198 g/mol. The molecule has 0 saturated carbocycles. The monoisotopic (exact) mass is 198 g/mol. The maximum absolute atomic E-state index is 11.9. The van der Waals surface area contributed by atoms with E-state index in [1.165, 1.54) is 0 Å². The fraction of sp³-hybridized carbons (Fsp3) is 0.778. The molecule has 1 atom stereocenters. The molecule has 0 aromatic rings. The number of piperazine rings is 1. The standard InChI is InChI=1S/C9H14N2OS/c1-9(2)8(12)11-5-3-4-6(11)7(13)10-9/h6H,3-5H2,1-2H3,(H,10,13)/t6-/m0/s1. The summed E-state index contributed by atoms with van der Waals surface area (Å²) in [5, 5.41) is 3.12. The normalized spacial score (nSPS) is 31.5. The van der Waals surface area contributed by atoms with Crippen molar-refractivity contribution in [2.45, 2.75) is 38.3 Å². The van der Waals surface area contributed by atoms with E-state index in [1.807, 2.05) is 18.7 Å². The van der Waals surface area contributed by atoms with Crippen LogP contribution in [-0.2, 0) is 4.79 Å². The topological polar surface area (TPSA) is 32.3 Å². The lowest BCUT2D eigenvalue weighted by Crippen LogP contribution is -2.65. The zero-order valence-corrected chi connectivity index (χ0v) is 8.78. The van der Waals surface area contributed by atoms with Gasteiger partial charge in [0.25, 0.3) is 0 Å². The molecule has 2 fully saturated rings. The molecule has 0 aromatic heterocycles. The molecule has 1 N–H and O–H groups in total. The van der Waals surface area contributed by atoms with Crippen LogP contribution in [0.15, 0.2) is 0 Å². The lowest BCUT2D eigenvalue weighted by Gasteiger charge is -2.41. The Bertz CT molecular complexity index is 275. The average Bonchev–Trinajstić information content (AvgIpc) is 2.47. The van der Waals surface area contributed by atoms with E-state index in [9.17, 15) is 4.79 Å². The summed E-state index contributed by atoms with van der Waals surface area (Å²) >= 11 is 5.24. The summed E-state index contributed by atoms with van der Waals surface area (Å²) < 4.78 is 0. The molecule has 0 spiro atoms. The molecule has 2 heterocycles. The van der Waals surface area contributed by atoms with Crippen LogP contribution >= 0.6 is 12.2 Å². The Morgan fingerprint density at radius 3 is 3.00 bits per heavy atom. The van der Waals surface area contributed by atoms with Crippen molar-refractivity contribution in [3.63, 3.8) is 0 Å². The second-order valence-corrected chi connectivity index (χ2v) is 4.71. The minimum Gasteiger partial charge on any atom is -0.364 e. The number of carbonyl (C=O) groups is 1. The number of carbonyl (C=O) groups excluding carboxylic acids is 1. The third-order valence-corrected chi connectivity index (χ3v) is 3.16. The van der Waals surface area contributed by atoms with E-state index < -0.39 is 5.54 Å². The highest BCUT2D eigenvalue weighted by Gasteiger charge is 2.44. The molecule has 0 aliphatic carbocycles. The van der Waals surface area contributed by atoms with Gasteiger partial charge < -0.3 is 10.2 Å². The van der Waals surface area contributed by atoms with Crippen molar-refractivity contribution in [1.82, 2.24) is 10.2 Å². The molecular weight excluding hydrogens is 184 g/mol. The molecule has 2 aliphatic rings. The minimum atomic E-state index is -0.502. The van der Waals surface area contributed by atoms with Gasteiger partial charge in [-0.1, -0.05) is 12.2 Å². The van der Waals surface area contributed by atoms with Gasteiger partial charge in [-0.15, -0.1) is 0 Å². The lowest BCUT2D eigenvalue weighted by atomic mass is 9.98. The number of nitrogens with zero attached hydrogens (tertiary/aromatic N) is 1. The van der Waals surface area contributed by atoms with Crippen molar-refractivity contribution in [1.29, 1.82) is 0 Å². The Morgan fingerprint density at radius 1 is 1.62 bits per heavy atom. The van der Waals surface area contributed by atoms with Gasteiger partial charge >= 0.3 is 0 Å². The van der Waals surface area contributed by atoms with Crippen molar-refractivity contribution in [3.8, 4) is 0 Å². The van der Waals surface area contributed by atoms with Gasteiger partial charge in [0.2, 0.25) is 5.91 Å². The van der Waals surface area contributed by atoms with Crippen LogP contribution in [0.2, 0.25) is 0 Å². The molecule has 13 heavy (non-hydrogen) atoms. The van der Waals surface area contributed by atoms with Gasteiger partial charge in [0.1, 0.15) is 5.54 Å². The maximum Gasteiger partial charge on any atom is 0.248 e. The van der Waals surface area contributed by atoms with Crippen LogP contribution in [0.25, 0.3) is 0 Å². The van der Waals surface area contributed by atoms with E-state index in [-0.39, 0.29) is 11.9 Å². The molecule has 2 rings (SSSR count). The highest BCUT2D eigenvalue weighted by molar-refractivity contribution is 7.80. The number of fused-ring (bicyclic) bond motifs is 1. The summed E-state index contributed by atoms with van der Waals surface area (Å²) in [6, 6.07) is 0.176. The summed E-state index contributed by atoms with van der Waals surface area (Å²) in [6.45, 7) is 4.64. The van der Waals surface area contributed by atoms with E-state index in [4.69, 9.17) is 12.2 Å². The molecule has 0 aromatic carbocycles. The first-order chi connectivity index (χ1) is 6.02. The third kappa shape index (κ3) is 1.24. The van der Waals surface area contributed by atoms with Crippen LogP contribution in [0.5, 0.6) is 0 Å². The lowest BCUT2D eigenvalue weighted by molar-refractivity contribution is -0.137. The molecule has 2 saturated heterocycles. The molecule has 1 amide bonds. The molecule has 0 bridgehead atoms. The van der Waals surface area contributed by atoms with Gasteiger partial charge in [0.05, 0.1) is 11.0 Å². The first-order valence-corrected chi connectivity index (χ1v) is 5.06. The first-order valence-electron chi connectivity index (χ1n) is 4.65. The summed E-state index contributed by atoms with van der Waals surface area (Å²) in [6.07, 6.45) is 2.10. The van der Waals surface area contributed by atoms with Crippen LogP contribution in [-0.4, -0.2) is 33.9 Å². The minimum absolute atomic E-state index is 0.176. The molecule has 2 aliphatic heterocycles. The van der Waals surface area contributed by atoms with Crippen LogP contribution in [0.1, 0.15) is 26.7 Å². The van der Waals surface area contributed by atoms with Crippen molar-refractivity contribution >= 4 is 23.1 Å². The van der Waals surface area contributed by atoms with Crippen molar-refractivity contribution in [2.75, 3.05) is 6.54 Å². The molecule has 4 heteroatoms. The Labute approximate surface area is 83.5 Å². The fourth-order valence-electron chi connectivity index (χ4n) is 2.09. The number of hydrogen-bond acceptors (Lipinski definition) is 2. The van der Waals surface area contributed by atoms with Crippen molar-refractivity contribution in [2.24, 2.45) is 0 Å². The zero-order valence-electron chi connectivity index (χ0n) is 7.96. The number of amides is 1. The van der Waals surface area contributed by atoms with Crippen LogP contribution < -0.4 is 5.32 Å². The van der Waals surface area contributed by atoms with Crippen molar-refractivity contribution < 1.29 is 4.79 Å². The number of thiocarbonyl (C=S) groups is 1. The predicted molar refractivity (Wildman–Crippen MR) is 54.5 cm³/mol. The molecule has 3 nitrogen and oxygen atoms in total. The smallest absolute Gasteiger partial charge is 0.248 e. The van der Waals surface area contributed by atoms with Gasteiger partial charge in [-0.2, -0.15) is 0 Å². The molecule has 0 radical (unpaired) electrons. The van der Waals surface area contributed by atoms with Gasteiger partial charge in [0.15, 0.2) is 0 Å². The Hall–Kier alpha value is -0.640. The maximum atomic E-state index is 11.9. The number of nitrogens with one attached hydrogen (secondary N) is 1. The second kappa shape index (κ2) is 2.67. The largest absolute Gasteiger partial charge is 0.364 e. The predicted octanol–water partition coefficient (Wildman–Crippen LogP) is 0.687. The first kappa shape index (κ1) is 8.94. The van der Waals surface area contributed by atoms with Crippen LogP contribution in [0.3, 0.4) is 0 Å². The van der Waals surface area contributed by atoms with Crippen molar-refractivity contribution in [3.05, 3.63) is 0 Å². The van der Waals surface area contributed by atoms with Gasteiger partial charge in [-0.05, 0) is 26.7 Å². The highest BCUT2D eigenvalue weighted by Crippen LogP contribution is 2.26. The summed E-state index contributed by atoms with van der Waals surface area (Å²) in [5.41, 5.74) is -0.502.